The summed E-state index contributed by atoms with van der Waals surface area (Å²) in [6.45, 7) is 4.63. The molecule has 5 heteroatoms. The lowest BCUT2D eigenvalue weighted by Gasteiger charge is -2.27. The highest BCUT2D eigenvalue weighted by Gasteiger charge is 2.39. The molecule has 2 aromatic carbocycles. The summed E-state index contributed by atoms with van der Waals surface area (Å²) < 4.78 is 24.6. The summed E-state index contributed by atoms with van der Waals surface area (Å²) in [6, 6.07) is 12.2. The molecule has 1 unspecified atom stereocenters. The van der Waals surface area contributed by atoms with Gasteiger partial charge in [0.05, 0.1) is 12.5 Å². The molecule has 1 aliphatic rings. The maximum absolute atomic E-state index is 14.6. The van der Waals surface area contributed by atoms with Crippen molar-refractivity contribution in [3.63, 3.8) is 0 Å². The van der Waals surface area contributed by atoms with Gasteiger partial charge in [0.25, 0.3) is 6.01 Å². The predicted octanol–water partition coefficient (Wildman–Crippen LogP) is 4.56. The van der Waals surface area contributed by atoms with Gasteiger partial charge in [0.2, 0.25) is 0 Å². The first-order chi connectivity index (χ1) is 12.4. The zero-order valence-corrected chi connectivity index (χ0v) is 14.8. The zero-order valence-electron chi connectivity index (χ0n) is 14.8. The molecule has 3 rings (SSSR count). The van der Waals surface area contributed by atoms with Gasteiger partial charge in [-0.25, -0.2) is 4.79 Å². The van der Waals surface area contributed by atoms with E-state index in [9.17, 15) is 14.0 Å². The molecule has 0 N–H and O–H groups in total. The van der Waals surface area contributed by atoms with E-state index in [2.05, 4.69) is 0 Å². The van der Waals surface area contributed by atoms with Crippen LogP contribution in [0.15, 0.2) is 65.4 Å². The van der Waals surface area contributed by atoms with Gasteiger partial charge in [0, 0.05) is 5.57 Å². The van der Waals surface area contributed by atoms with Gasteiger partial charge in [-0.15, -0.1) is 0 Å². The standard InChI is InChI=1S/C21H19FO4/c1-4-25-21(24)19-18(17(12(2)23)13(3)26-20(19)22)16-10-9-14-7-5-6-8-15(14)11-16/h5-11,18H,4H2,1-3H3. The van der Waals surface area contributed by atoms with Crippen molar-refractivity contribution < 1.29 is 23.5 Å². The number of hydrogen-bond donors (Lipinski definition) is 0. The van der Waals surface area contributed by atoms with Gasteiger partial charge in [-0.1, -0.05) is 42.5 Å². The number of halogens is 1. The monoisotopic (exact) mass is 354 g/mol. The van der Waals surface area contributed by atoms with E-state index in [-0.39, 0.29) is 29.3 Å². The zero-order chi connectivity index (χ0) is 18.8. The van der Waals surface area contributed by atoms with Crippen molar-refractivity contribution >= 4 is 22.5 Å². The Morgan fingerprint density at radius 3 is 2.46 bits per heavy atom. The minimum absolute atomic E-state index is 0.0954. The number of allylic oxidation sites excluding steroid dienone is 2. The fourth-order valence-electron chi connectivity index (χ4n) is 3.28. The van der Waals surface area contributed by atoms with Crippen LogP contribution in [0.25, 0.3) is 10.8 Å². The largest absolute Gasteiger partial charge is 0.462 e. The first-order valence-electron chi connectivity index (χ1n) is 8.39. The van der Waals surface area contributed by atoms with Gasteiger partial charge in [0.1, 0.15) is 11.3 Å². The summed E-state index contributed by atoms with van der Waals surface area (Å²) in [5, 5.41) is 1.94. The Hall–Kier alpha value is -2.95. The van der Waals surface area contributed by atoms with Crippen LogP contribution >= 0.6 is 0 Å². The fraction of sp³-hybridized carbons (Fsp3) is 0.238. The molecule has 0 spiro atoms. The quantitative estimate of drug-likeness (QED) is 0.755. The summed E-state index contributed by atoms with van der Waals surface area (Å²) in [4.78, 5) is 24.7. The Kier molecular flexibility index (Phi) is 4.89. The second-order valence-corrected chi connectivity index (χ2v) is 6.08. The Morgan fingerprint density at radius 2 is 1.81 bits per heavy atom. The average Bonchev–Trinajstić information content (AvgIpc) is 2.60. The molecule has 1 aliphatic heterocycles. The number of hydrogen-bond acceptors (Lipinski definition) is 4. The van der Waals surface area contributed by atoms with E-state index >= 15 is 0 Å². The van der Waals surface area contributed by atoms with Gasteiger partial charge < -0.3 is 9.47 Å². The van der Waals surface area contributed by atoms with Crippen LogP contribution in [0.4, 0.5) is 4.39 Å². The topological polar surface area (TPSA) is 52.6 Å². The first-order valence-corrected chi connectivity index (χ1v) is 8.39. The smallest absolute Gasteiger partial charge is 0.341 e. The van der Waals surface area contributed by atoms with Gasteiger partial charge in [-0.05, 0) is 37.1 Å². The molecular formula is C21H19FO4. The Labute approximate surface area is 150 Å². The molecule has 0 bridgehead atoms. The predicted molar refractivity (Wildman–Crippen MR) is 95.9 cm³/mol. The van der Waals surface area contributed by atoms with Gasteiger partial charge in [-0.2, -0.15) is 4.39 Å². The van der Waals surface area contributed by atoms with Crippen LogP contribution in [0.2, 0.25) is 0 Å². The molecule has 0 amide bonds. The summed E-state index contributed by atoms with van der Waals surface area (Å²) in [7, 11) is 0. The Bertz CT molecular complexity index is 955. The third kappa shape index (κ3) is 3.12. The van der Waals surface area contributed by atoms with E-state index in [1.165, 1.54) is 13.8 Å². The van der Waals surface area contributed by atoms with E-state index in [1.54, 1.807) is 13.0 Å². The number of Topliss-reactive ketones (excluding diaryl/α,β-unsaturated/α-hetero) is 1. The highest BCUT2D eigenvalue weighted by Crippen LogP contribution is 2.42. The number of esters is 1. The van der Waals surface area contributed by atoms with Crippen molar-refractivity contribution in [1.29, 1.82) is 0 Å². The van der Waals surface area contributed by atoms with E-state index in [0.717, 1.165) is 10.8 Å². The van der Waals surface area contributed by atoms with Crippen molar-refractivity contribution in [1.82, 2.24) is 0 Å². The lowest BCUT2D eigenvalue weighted by Crippen LogP contribution is -2.25. The van der Waals surface area contributed by atoms with Crippen LogP contribution < -0.4 is 0 Å². The minimum atomic E-state index is -1.02. The van der Waals surface area contributed by atoms with E-state index < -0.39 is 17.9 Å². The van der Waals surface area contributed by atoms with Gasteiger partial charge in [-0.3, -0.25) is 4.79 Å². The second kappa shape index (κ2) is 7.12. The van der Waals surface area contributed by atoms with E-state index in [1.807, 2.05) is 36.4 Å². The maximum Gasteiger partial charge on any atom is 0.341 e. The molecule has 0 radical (unpaired) electrons. The normalized spacial score (nSPS) is 17.3. The van der Waals surface area contributed by atoms with Crippen LogP contribution in [0.1, 0.15) is 32.3 Å². The average molecular weight is 354 g/mol. The lowest BCUT2D eigenvalue weighted by molar-refractivity contribution is -0.139. The number of carbonyl (C=O) groups is 2. The number of benzene rings is 2. The second-order valence-electron chi connectivity index (χ2n) is 6.08. The number of fused-ring (bicyclic) bond motifs is 1. The highest BCUT2D eigenvalue weighted by molar-refractivity contribution is 6.01. The third-order valence-electron chi connectivity index (χ3n) is 4.39. The number of rotatable bonds is 4. The Balaban J connectivity index is 2.22. The van der Waals surface area contributed by atoms with Crippen molar-refractivity contribution in [2.75, 3.05) is 6.61 Å². The molecular weight excluding hydrogens is 335 g/mol. The minimum Gasteiger partial charge on any atom is -0.462 e. The molecule has 1 atom stereocenters. The number of ketones is 1. The molecule has 0 aliphatic carbocycles. The maximum atomic E-state index is 14.6. The van der Waals surface area contributed by atoms with E-state index in [4.69, 9.17) is 9.47 Å². The van der Waals surface area contributed by atoms with Crippen LogP contribution in [0.5, 0.6) is 0 Å². The van der Waals surface area contributed by atoms with Gasteiger partial charge in [0.15, 0.2) is 5.78 Å². The highest BCUT2D eigenvalue weighted by atomic mass is 19.1. The van der Waals surface area contributed by atoms with Crippen LogP contribution in [-0.2, 0) is 19.1 Å². The fourth-order valence-corrected chi connectivity index (χ4v) is 3.28. The van der Waals surface area contributed by atoms with Crippen LogP contribution in [0, 0.1) is 0 Å². The summed E-state index contributed by atoms with van der Waals surface area (Å²) >= 11 is 0. The van der Waals surface area contributed by atoms with E-state index in [0.29, 0.717) is 5.56 Å². The molecule has 1 heterocycles. The lowest BCUT2D eigenvalue weighted by atomic mass is 9.81. The SMILES string of the molecule is CCOC(=O)C1=C(F)OC(C)=C(C(C)=O)C1c1ccc2ccccc2c1. The molecule has 0 saturated heterocycles. The first kappa shape index (κ1) is 17.9. The van der Waals surface area contributed by atoms with Crippen LogP contribution in [0.3, 0.4) is 0 Å². The van der Waals surface area contributed by atoms with Crippen molar-refractivity contribution in [3.8, 4) is 0 Å². The Morgan fingerprint density at radius 1 is 1.12 bits per heavy atom. The van der Waals surface area contributed by atoms with Gasteiger partial charge >= 0.3 is 5.97 Å². The summed E-state index contributed by atoms with van der Waals surface area (Å²) in [5.41, 5.74) is 0.609. The molecule has 134 valence electrons. The number of carbonyl (C=O) groups excluding carboxylic acids is 2. The molecule has 0 fully saturated rings. The van der Waals surface area contributed by atoms with Crippen molar-refractivity contribution in [3.05, 3.63) is 70.9 Å². The molecule has 4 nitrogen and oxygen atoms in total. The third-order valence-corrected chi connectivity index (χ3v) is 4.39. The summed E-state index contributed by atoms with van der Waals surface area (Å²) in [5.74, 6) is -1.82. The van der Waals surface area contributed by atoms with Crippen molar-refractivity contribution in [2.45, 2.75) is 26.7 Å². The molecule has 0 saturated carbocycles. The van der Waals surface area contributed by atoms with Crippen molar-refractivity contribution in [2.24, 2.45) is 0 Å². The molecule has 0 aromatic heterocycles. The molecule has 26 heavy (non-hydrogen) atoms. The summed E-state index contributed by atoms with van der Waals surface area (Å²) in [6.07, 6.45) is 0. The molecule has 2 aromatic rings. The number of ether oxygens (including phenoxy) is 2. The van der Waals surface area contributed by atoms with Crippen LogP contribution in [-0.4, -0.2) is 18.4 Å².